The average molecular weight is 451 g/mol. The molecule has 0 radical (unpaired) electrons. The molecule has 1 unspecified atom stereocenters. The Morgan fingerprint density at radius 3 is 2.69 bits per heavy atom. The van der Waals surface area contributed by atoms with Crippen LogP contribution in [0.5, 0.6) is 0 Å². The minimum atomic E-state index is -0.695. The lowest BCUT2D eigenvalue weighted by atomic mass is 10.1. The third-order valence-corrected chi connectivity index (χ3v) is 6.25. The summed E-state index contributed by atoms with van der Waals surface area (Å²) in [5, 5.41) is 3.02. The molecule has 1 N–H and O–H groups in total. The first-order chi connectivity index (χ1) is 15.5. The highest BCUT2D eigenvalue weighted by Crippen LogP contribution is 2.37. The molecule has 2 amide bonds. The van der Waals surface area contributed by atoms with E-state index < -0.39 is 18.5 Å². The van der Waals surface area contributed by atoms with Gasteiger partial charge < -0.3 is 19.4 Å². The summed E-state index contributed by atoms with van der Waals surface area (Å²) in [7, 11) is 0. The van der Waals surface area contributed by atoms with Crippen molar-refractivity contribution in [2.75, 3.05) is 23.4 Å². The molecular weight excluding hydrogens is 428 g/mol. The molecule has 0 saturated heterocycles. The molecule has 2 heterocycles. The van der Waals surface area contributed by atoms with Gasteiger partial charge in [-0.2, -0.15) is 0 Å². The van der Waals surface area contributed by atoms with Gasteiger partial charge in [-0.3, -0.25) is 9.59 Å². The van der Waals surface area contributed by atoms with E-state index in [0.29, 0.717) is 11.8 Å². The number of amides is 2. The van der Waals surface area contributed by atoms with Crippen molar-refractivity contribution >= 4 is 40.9 Å². The number of benzene rings is 2. The molecule has 8 heteroatoms. The number of hydrogen-bond donors (Lipinski definition) is 1. The zero-order chi connectivity index (χ0) is 22.5. The first kappa shape index (κ1) is 21.7. The zero-order valence-electron chi connectivity index (χ0n) is 17.4. The number of thioether (sulfide) groups is 1. The van der Waals surface area contributed by atoms with Crippen molar-refractivity contribution in [3.63, 3.8) is 0 Å². The number of esters is 1. The Hall–Kier alpha value is -3.52. The molecular formula is C24H22N2O5S. The van der Waals surface area contributed by atoms with E-state index in [0.717, 1.165) is 17.0 Å². The Labute approximate surface area is 189 Å². The SMILES string of the molecule is CC1CCN(C(=O)COC(=O)c2ccccc2NC(=O)c2ccco2)c2ccccc2S1. The van der Waals surface area contributed by atoms with Gasteiger partial charge in [0.2, 0.25) is 0 Å². The normalized spacial score (nSPS) is 15.4. The van der Waals surface area contributed by atoms with Crippen molar-refractivity contribution in [1.29, 1.82) is 0 Å². The lowest BCUT2D eigenvalue weighted by Gasteiger charge is -2.22. The molecule has 1 aliphatic heterocycles. The predicted octanol–water partition coefficient (Wildman–Crippen LogP) is 4.61. The fourth-order valence-corrected chi connectivity index (χ4v) is 4.50. The third-order valence-electron chi connectivity index (χ3n) is 5.01. The number of nitrogens with zero attached hydrogens (tertiary/aromatic N) is 1. The molecule has 0 fully saturated rings. The fraction of sp³-hybridized carbons (Fsp3) is 0.208. The molecule has 3 aromatic rings. The van der Waals surface area contributed by atoms with E-state index in [1.165, 1.54) is 18.4 Å². The Balaban J connectivity index is 1.44. The fourth-order valence-electron chi connectivity index (χ4n) is 3.39. The van der Waals surface area contributed by atoms with Gasteiger partial charge >= 0.3 is 5.97 Å². The van der Waals surface area contributed by atoms with Gasteiger partial charge in [-0.25, -0.2) is 4.79 Å². The predicted molar refractivity (Wildman–Crippen MR) is 122 cm³/mol. The molecule has 0 spiro atoms. The van der Waals surface area contributed by atoms with Gasteiger partial charge in [0.05, 0.1) is 23.2 Å². The topological polar surface area (TPSA) is 88.9 Å². The number of ether oxygens (including phenoxy) is 1. The monoisotopic (exact) mass is 450 g/mol. The quantitative estimate of drug-likeness (QED) is 0.571. The Morgan fingerprint density at radius 1 is 1.09 bits per heavy atom. The standard InChI is InChI=1S/C24H22N2O5S/c1-16-12-13-26(19-9-4-5-11-21(19)32-16)22(27)15-31-24(29)17-7-2-3-8-18(17)25-23(28)20-10-6-14-30-20/h2-11,14,16H,12-13,15H2,1H3,(H,25,28). The molecule has 2 aromatic carbocycles. The zero-order valence-corrected chi connectivity index (χ0v) is 18.3. The van der Waals surface area contributed by atoms with Crippen molar-refractivity contribution < 1.29 is 23.5 Å². The summed E-state index contributed by atoms with van der Waals surface area (Å²) in [6, 6.07) is 17.3. The van der Waals surface area contributed by atoms with Crippen LogP contribution in [0.25, 0.3) is 0 Å². The lowest BCUT2D eigenvalue weighted by Crippen LogP contribution is -2.35. The van der Waals surface area contributed by atoms with E-state index in [2.05, 4.69) is 12.2 Å². The van der Waals surface area contributed by atoms with Crippen molar-refractivity contribution in [2.24, 2.45) is 0 Å². The summed E-state index contributed by atoms with van der Waals surface area (Å²) in [6.07, 6.45) is 2.22. The van der Waals surface area contributed by atoms with E-state index in [1.807, 2.05) is 24.3 Å². The summed E-state index contributed by atoms with van der Waals surface area (Å²) >= 11 is 1.73. The van der Waals surface area contributed by atoms with Gasteiger partial charge in [-0.1, -0.05) is 31.2 Å². The number of furan rings is 1. The maximum absolute atomic E-state index is 12.9. The highest BCUT2D eigenvalue weighted by Gasteiger charge is 2.25. The van der Waals surface area contributed by atoms with Gasteiger partial charge in [0, 0.05) is 16.7 Å². The minimum absolute atomic E-state index is 0.121. The maximum atomic E-state index is 12.9. The number of hydrogen-bond acceptors (Lipinski definition) is 6. The number of carbonyl (C=O) groups is 3. The van der Waals surface area contributed by atoms with Crippen molar-refractivity contribution in [1.82, 2.24) is 0 Å². The Morgan fingerprint density at radius 2 is 1.88 bits per heavy atom. The van der Waals surface area contributed by atoms with E-state index in [1.54, 1.807) is 40.9 Å². The lowest BCUT2D eigenvalue weighted by molar-refractivity contribution is -0.121. The average Bonchev–Trinajstić information content (AvgIpc) is 3.28. The van der Waals surface area contributed by atoms with Crippen LogP contribution in [0.3, 0.4) is 0 Å². The number of fused-ring (bicyclic) bond motifs is 1. The highest BCUT2D eigenvalue weighted by molar-refractivity contribution is 8.00. The number of anilines is 2. The molecule has 0 bridgehead atoms. The summed E-state index contributed by atoms with van der Waals surface area (Å²) in [6.45, 7) is 2.29. The molecule has 0 saturated carbocycles. The molecule has 1 aliphatic rings. The van der Waals surface area contributed by atoms with Crippen LogP contribution in [0.2, 0.25) is 0 Å². The molecule has 4 rings (SSSR count). The van der Waals surface area contributed by atoms with Gasteiger partial charge in [0.1, 0.15) is 0 Å². The largest absolute Gasteiger partial charge is 0.459 e. The van der Waals surface area contributed by atoms with Crippen molar-refractivity contribution in [2.45, 2.75) is 23.5 Å². The molecule has 32 heavy (non-hydrogen) atoms. The number of nitrogens with one attached hydrogen (secondary N) is 1. The van der Waals surface area contributed by atoms with Gasteiger partial charge in [0.25, 0.3) is 11.8 Å². The molecule has 1 atom stereocenters. The van der Waals surface area contributed by atoms with E-state index in [4.69, 9.17) is 9.15 Å². The van der Waals surface area contributed by atoms with Crippen molar-refractivity contribution in [3.05, 3.63) is 78.3 Å². The second-order valence-corrected chi connectivity index (χ2v) is 8.76. The van der Waals surface area contributed by atoms with Crippen LogP contribution in [0, 0.1) is 0 Å². The van der Waals surface area contributed by atoms with Crippen LogP contribution >= 0.6 is 11.8 Å². The molecule has 0 aliphatic carbocycles. The molecule has 1 aromatic heterocycles. The maximum Gasteiger partial charge on any atom is 0.340 e. The second-order valence-electron chi connectivity index (χ2n) is 7.28. The van der Waals surface area contributed by atoms with Crippen LogP contribution in [0.1, 0.15) is 34.3 Å². The van der Waals surface area contributed by atoms with Gasteiger partial charge in [-0.05, 0) is 42.8 Å². The summed E-state index contributed by atoms with van der Waals surface area (Å²) in [5.74, 6) is -1.36. The van der Waals surface area contributed by atoms with Crippen molar-refractivity contribution in [3.8, 4) is 0 Å². The summed E-state index contributed by atoms with van der Waals surface area (Å²) in [4.78, 5) is 40.6. The van der Waals surface area contributed by atoms with Gasteiger partial charge in [-0.15, -0.1) is 11.8 Å². The number of para-hydroxylation sites is 2. The number of rotatable bonds is 5. The van der Waals surface area contributed by atoms with E-state index in [-0.39, 0.29) is 22.9 Å². The Bertz CT molecular complexity index is 1130. The third kappa shape index (κ3) is 4.86. The van der Waals surface area contributed by atoms with E-state index in [9.17, 15) is 14.4 Å². The van der Waals surface area contributed by atoms with Crippen LogP contribution < -0.4 is 10.2 Å². The highest BCUT2D eigenvalue weighted by atomic mass is 32.2. The second kappa shape index (κ2) is 9.74. The minimum Gasteiger partial charge on any atom is -0.459 e. The van der Waals surface area contributed by atoms with Crippen LogP contribution in [-0.4, -0.2) is 36.2 Å². The first-order valence-electron chi connectivity index (χ1n) is 10.2. The first-order valence-corrected chi connectivity index (χ1v) is 11.1. The number of carbonyl (C=O) groups excluding carboxylic acids is 3. The summed E-state index contributed by atoms with van der Waals surface area (Å²) in [5.41, 5.74) is 1.26. The van der Waals surface area contributed by atoms with Crippen LogP contribution in [0.15, 0.2) is 76.2 Å². The molecule has 164 valence electrons. The smallest absolute Gasteiger partial charge is 0.340 e. The van der Waals surface area contributed by atoms with Crippen LogP contribution in [0.4, 0.5) is 11.4 Å². The molecule has 7 nitrogen and oxygen atoms in total. The van der Waals surface area contributed by atoms with Gasteiger partial charge in [0.15, 0.2) is 12.4 Å². The van der Waals surface area contributed by atoms with Crippen LogP contribution in [-0.2, 0) is 9.53 Å². The Kier molecular flexibility index (Phi) is 6.61. The van der Waals surface area contributed by atoms with E-state index >= 15 is 0 Å². The summed E-state index contributed by atoms with van der Waals surface area (Å²) < 4.78 is 10.4.